The van der Waals surface area contributed by atoms with Crippen LogP contribution in [-0.4, -0.2) is 27.4 Å². The van der Waals surface area contributed by atoms with Crippen LogP contribution in [0.15, 0.2) is 59.3 Å². The van der Waals surface area contributed by atoms with Crippen molar-refractivity contribution in [3.8, 4) is 0 Å². The Morgan fingerprint density at radius 3 is 2.93 bits per heavy atom. The Kier molecular flexibility index (Phi) is 5.05. The van der Waals surface area contributed by atoms with Crippen LogP contribution in [0, 0.1) is 6.92 Å². The van der Waals surface area contributed by atoms with Gasteiger partial charge in [-0.2, -0.15) is 0 Å². The lowest BCUT2D eigenvalue weighted by Crippen LogP contribution is -2.27. The fourth-order valence-electron chi connectivity index (χ4n) is 3.08. The second-order valence-electron chi connectivity index (χ2n) is 6.52. The third kappa shape index (κ3) is 4.03. The average Bonchev–Trinajstić information content (AvgIpc) is 3.36. The SMILES string of the molecule is Cc1cc(C(=O)NCCc2c[nH]c3ccccc23)nc(NCc2ccco2)n1. The highest BCUT2D eigenvalue weighted by molar-refractivity contribution is 5.92. The lowest BCUT2D eigenvalue weighted by molar-refractivity contribution is 0.0949. The summed E-state index contributed by atoms with van der Waals surface area (Å²) in [6, 6.07) is 13.5. The molecule has 7 heteroatoms. The standard InChI is InChI=1S/C21H21N5O2/c1-14-11-19(26-21(25-14)24-13-16-5-4-10-28-16)20(27)22-9-8-15-12-23-18-7-3-2-6-17(15)18/h2-7,10-12,23H,8-9,13H2,1H3,(H,22,27)(H,24,25,26). The number of carbonyl (C=O) groups is 1. The van der Waals surface area contributed by atoms with E-state index in [4.69, 9.17) is 4.42 Å². The number of aromatic nitrogens is 3. The molecule has 0 bridgehead atoms. The Morgan fingerprint density at radius 2 is 2.07 bits per heavy atom. The number of fused-ring (bicyclic) bond motifs is 1. The first-order valence-corrected chi connectivity index (χ1v) is 9.14. The molecule has 0 aliphatic rings. The quantitative estimate of drug-likeness (QED) is 0.460. The molecule has 3 N–H and O–H groups in total. The van der Waals surface area contributed by atoms with Gasteiger partial charge in [-0.1, -0.05) is 18.2 Å². The van der Waals surface area contributed by atoms with Gasteiger partial charge in [0.15, 0.2) is 0 Å². The number of furan rings is 1. The summed E-state index contributed by atoms with van der Waals surface area (Å²) in [5, 5.41) is 7.20. The third-order valence-electron chi connectivity index (χ3n) is 4.44. The van der Waals surface area contributed by atoms with Crippen molar-refractivity contribution in [2.24, 2.45) is 0 Å². The molecule has 1 amide bonds. The normalized spacial score (nSPS) is 10.9. The van der Waals surface area contributed by atoms with E-state index in [0.717, 1.165) is 23.4 Å². The summed E-state index contributed by atoms with van der Waals surface area (Å²) >= 11 is 0. The number of hydrogen-bond acceptors (Lipinski definition) is 5. The number of amides is 1. The molecule has 0 aliphatic heterocycles. The minimum atomic E-state index is -0.216. The van der Waals surface area contributed by atoms with Crippen LogP contribution in [0.5, 0.6) is 0 Å². The summed E-state index contributed by atoms with van der Waals surface area (Å²) in [6.07, 6.45) is 4.34. The van der Waals surface area contributed by atoms with E-state index in [9.17, 15) is 4.79 Å². The van der Waals surface area contributed by atoms with Crippen molar-refractivity contribution in [1.82, 2.24) is 20.3 Å². The number of H-pyrrole nitrogens is 1. The van der Waals surface area contributed by atoms with Gasteiger partial charge >= 0.3 is 0 Å². The molecule has 0 fully saturated rings. The van der Waals surface area contributed by atoms with Crippen molar-refractivity contribution in [2.75, 3.05) is 11.9 Å². The summed E-state index contributed by atoms with van der Waals surface area (Å²) < 4.78 is 5.28. The monoisotopic (exact) mass is 375 g/mol. The largest absolute Gasteiger partial charge is 0.467 e. The predicted molar refractivity (Wildman–Crippen MR) is 107 cm³/mol. The minimum Gasteiger partial charge on any atom is -0.467 e. The molecule has 0 radical (unpaired) electrons. The van der Waals surface area contributed by atoms with Crippen molar-refractivity contribution in [2.45, 2.75) is 19.9 Å². The molecule has 3 heterocycles. The molecule has 0 saturated heterocycles. The molecule has 3 aromatic heterocycles. The molecule has 28 heavy (non-hydrogen) atoms. The van der Waals surface area contributed by atoms with Gasteiger partial charge in [-0.25, -0.2) is 9.97 Å². The Balaban J connectivity index is 1.37. The molecule has 0 saturated carbocycles. The zero-order valence-electron chi connectivity index (χ0n) is 15.5. The summed E-state index contributed by atoms with van der Waals surface area (Å²) in [5.41, 5.74) is 3.34. The number of para-hydroxylation sites is 1. The number of carbonyl (C=O) groups excluding carboxylic acids is 1. The smallest absolute Gasteiger partial charge is 0.270 e. The van der Waals surface area contributed by atoms with Gasteiger partial charge in [0.05, 0.1) is 12.8 Å². The van der Waals surface area contributed by atoms with Gasteiger partial charge in [0.1, 0.15) is 11.5 Å². The highest BCUT2D eigenvalue weighted by Crippen LogP contribution is 2.17. The lowest BCUT2D eigenvalue weighted by atomic mass is 10.1. The molecule has 4 rings (SSSR count). The number of rotatable bonds is 7. The van der Waals surface area contributed by atoms with Crippen molar-refractivity contribution in [3.05, 3.63) is 77.6 Å². The molecule has 7 nitrogen and oxygen atoms in total. The summed E-state index contributed by atoms with van der Waals surface area (Å²) in [7, 11) is 0. The maximum absolute atomic E-state index is 12.5. The van der Waals surface area contributed by atoms with E-state index in [1.54, 1.807) is 12.3 Å². The molecule has 0 aliphatic carbocycles. The van der Waals surface area contributed by atoms with E-state index in [1.165, 1.54) is 10.9 Å². The maximum Gasteiger partial charge on any atom is 0.270 e. The Bertz CT molecular complexity index is 1090. The van der Waals surface area contributed by atoms with Crippen LogP contribution >= 0.6 is 0 Å². The Hall–Kier alpha value is -3.61. The number of aryl methyl sites for hydroxylation is 1. The van der Waals surface area contributed by atoms with Crippen LogP contribution in [-0.2, 0) is 13.0 Å². The van der Waals surface area contributed by atoms with Gasteiger partial charge < -0.3 is 20.0 Å². The van der Waals surface area contributed by atoms with Gasteiger partial charge in [0.25, 0.3) is 5.91 Å². The summed E-state index contributed by atoms with van der Waals surface area (Å²) in [6.45, 7) is 2.82. The maximum atomic E-state index is 12.5. The van der Waals surface area contributed by atoms with Crippen LogP contribution in [0.1, 0.15) is 27.5 Å². The molecular weight excluding hydrogens is 354 g/mol. The number of nitrogens with zero attached hydrogens (tertiary/aromatic N) is 2. The fourth-order valence-corrected chi connectivity index (χ4v) is 3.08. The van der Waals surface area contributed by atoms with E-state index in [2.05, 4.69) is 31.7 Å². The number of aromatic amines is 1. The van der Waals surface area contributed by atoms with Crippen molar-refractivity contribution >= 4 is 22.8 Å². The van der Waals surface area contributed by atoms with Gasteiger partial charge in [-0.3, -0.25) is 4.79 Å². The van der Waals surface area contributed by atoms with E-state index in [0.29, 0.717) is 24.7 Å². The minimum absolute atomic E-state index is 0.216. The Labute approximate surface area is 162 Å². The van der Waals surface area contributed by atoms with E-state index >= 15 is 0 Å². The van der Waals surface area contributed by atoms with Gasteiger partial charge in [-0.05, 0) is 43.2 Å². The first-order chi connectivity index (χ1) is 13.7. The van der Waals surface area contributed by atoms with Crippen LogP contribution in [0.2, 0.25) is 0 Å². The van der Waals surface area contributed by atoms with Gasteiger partial charge in [-0.15, -0.1) is 0 Å². The number of anilines is 1. The van der Waals surface area contributed by atoms with Crippen molar-refractivity contribution < 1.29 is 9.21 Å². The summed E-state index contributed by atoms with van der Waals surface area (Å²) in [5.74, 6) is 0.958. The fraction of sp³-hybridized carbons (Fsp3) is 0.190. The van der Waals surface area contributed by atoms with Crippen molar-refractivity contribution in [3.63, 3.8) is 0 Å². The second-order valence-corrected chi connectivity index (χ2v) is 6.52. The predicted octanol–water partition coefficient (Wildman–Crippen LogP) is 3.44. The van der Waals surface area contributed by atoms with Crippen LogP contribution in [0.3, 0.4) is 0 Å². The summed E-state index contributed by atoms with van der Waals surface area (Å²) in [4.78, 5) is 24.4. The van der Waals surface area contributed by atoms with E-state index in [1.807, 2.05) is 43.5 Å². The molecule has 0 unspecified atom stereocenters. The number of benzene rings is 1. The first kappa shape index (κ1) is 17.8. The number of hydrogen-bond donors (Lipinski definition) is 3. The molecule has 142 valence electrons. The van der Waals surface area contributed by atoms with Crippen LogP contribution in [0.25, 0.3) is 10.9 Å². The molecule has 0 spiro atoms. The second kappa shape index (κ2) is 7.96. The first-order valence-electron chi connectivity index (χ1n) is 9.14. The highest BCUT2D eigenvalue weighted by atomic mass is 16.3. The zero-order chi connectivity index (χ0) is 19.3. The van der Waals surface area contributed by atoms with E-state index in [-0.39, 0.29) is 5.91 Å². The van der Waals surface area contributed by atoms with Crippen molar-refractivity contribution in [1.29, 1.82) is 0 Å². The lowest BCUT2D eigenvalue weighted by Gasteiger charge is -2.08. The topological polar surface area (TPSA) is 95.8 Å². The molecular formula is C21H21N5O2. The van der Waals surface area contributed by atoms with Gasteiger partial charge in [0.2, 0.25) is 5.95 Å². The third-order valence-corrected chi connectivity index (χ3v) is 4.44. The Morgan fingerprint density at radius 1 is 1.18 bits per heavy atom. The number of nitrogens with one attached hydrogen (secondary N) is 3. The van der Waals surface area contributed by atoms with Gasteiger partial charge in [0, 0.05) is 29.3 Å². The van der Waals surface area contributed by atoms with Crippen LogP contribution < -0.4 is 10.6 Å². The zero-order valence-corrected chi connectivity index (χ0v) is 15.5. The van der Waals surface area contributed by atoms with Crippen LogP contribution in [0.4, 0.5) is 5.95 Å². The molecule has 4 aromatic rings. The van der Waals surface area contributed by atoms with E-state index < -0.39 is 0 Å². The molecule has 0 atom stereocenters. The molecule has 1 aromatic carbocycles. The highest BCUT2D eigenvalue weighted by Gasteiger charge is 2.11. The average molecular weight is 375 g/mol.